The highest BCUT2D eigenvalue weighted by atomic mass is 79.9. The molecule has 0 aliphatic heterocycles. The molecule has 0 unspecified atom stereocenters. The number of carboxylic acid groups (broad SMARTS) is 1. The Bertz CT molecular complexity index is 385. The molecule has 0 saturated heterocycles. The first-order valence-electron chi connectivity index (χ1n) is 4.02. The Balaban J connectivity index is 2.91. The highest BCUT2D eigenvalue weighted by Crippen LogP contribution is 2.17. The molecule has 0 aliphatic rings. The first-order valence-corrected chi connectivity index (χ1v) is 4.81. The van der Waals surface area contributed by atoms with Crippen molar-refractivity contribution < 1.29 is 14.7 Å². The van der Waals surface area contributed by atoms with Gasteiger partial charge in [0.1, 0.15) is 6.42 Å². The van der Waals surface area contributed by atoms with E-state index in [4.69, 9.17) is 5.11 Å². The van der Waals surface area contributed by atoms with Crippen LogP contribution in [0.3, 0.4) is 0 Å². The van der Waals surface area contributed by atoms with Gasteiger partial charge in [-0.1, -0.05) is 22.0 Å². The lowest BCUT2D eigenvalue weighted by Gasteiger charge is -2.01. The van der Waals surface area contributed by atoms with Crippen LogP contribution in [0.2, 0.25) is 0 Å². The third-order valence-electron chi connectivity index (χ3n) is 1.79. The number of hydrogen-bond acceptors (Lipinski definition) is 2. The SMILES string of the molecule is Cc1cc(C(=O)CC(=O)O)ccc1Br. The molecule has 1 aromatic carbocycles. The third-order valence-corrected chi connectivity index (χ3v) is 2.68. The zero-order valence-electron chi connectivity index (χ0n) is 7.58. The zero-order valence-corrected chi connectivity index (χ0v) is 9.17. The maximum atomic E-state index is 11.3. The van der Waals surface area contributed by atoms with E-state index in [9.17, 15) is 9.59 Å². The van der Waals surface area contributed by atoms with E-state index < -0.39 is 12.4 Å². The van der Waals surface area contributed by atoms with E-state index in [-0.39, 0.29) is 5.78 Å². The molecule has 0 radical (unpaired) electrons. The average Bonchev–Trinajstić information content (AvgIpc) is 2.08. The molecule has 14 heavy (non-hydrogen) atoms. The van der Waals surface area contributed by atoms with Crippen molar-refractivity contribution in [1.82, 2.24) is 0 Å². The molecular weight excluding hydrogens is 248 g/mol. The van der Waals surface area contributed by atoms with Crippen LogP contribution in [0.4, 0.5) is 0 Å². The second kappa shape index (κ2) is 4.37. The lowest BCUT2D eigenvalue weighted by Crippen LogP contribution is -2.07. The van der Waals surface area contributed by atoms with Crippen molar-refractivity contribution >= 4 is 27.7 Å². The Morgan fingerprint density at radius 1 is 1.43 bits per heavy atom. The van der Waals surface area contributed by atoms with Crippen molar-refractivity contribution in [2.45, 2.75) is 13.3 Å². The van der Waals surface area contributed by atoms with Crippen LogP contribution in [0.1, 0.15) is 22.3 Å². The molecule has 0 amide bonds. The van der Waals surface area contributed by atoms with Crippen molar-refractivity contribution in [1.29, 1.82) is 0 Å². The predicted octanol–water partition coefficient (Wildman–Crippen LogP) is 2.41. The highest BCUT2D eigenvalue weighted by Gasteiger charge is 2.10. The lowest BCUT2D eigenvalue weighted by atomic mass is 10.1. The summed E-state index contributed by atoms with van der Waals surface area (Å²) < 4.78 is 0.907. The van der Waals surface area contributed by atoms with E-state index >= 15 is 0 Å². The molecule has 0 aromatic heterocycles. The van der Waals surface area contributed by atoms with Crippen LogP contribution in [0.15, 0.2) is 22.7 Å². The summed E-state index contributed by atoms with van der Waals surface area (Å²) in [5.74, 6) is -1.47. The molecule has 0 aliphatic carbocycles. The average molecular weight is 257 g/mol. The molecule has 0 atom stereocenters. The molecule has 0 spiro atoms. The summed E-state index contributed by atoms with van der Waals surface area (Å²) in [6.07, 6.45) is -0.457. The van der Waals surface area contributed by atoms with Gasteiger partial charge in [-0.15, -0.1) is 0 Å². The Kier molecular flexibility index (Phi) is 3.41. The Morgan fingerprint density at radius 3 is 2.57 bits per heavy atom. The number of carbonyl (C=O) groups excluding carboxylic acids is 1. The molecule has 1 aromatic rings. The monoisotopic (exact) mass is 256 g/mol. The maximum Gasteiger partial charge on any atom is 0.311 e. The van der Waals surface area contributed by atoms with Gasteiger partial charge in [-0.3, -0.25) is 9.59 Å². The van der Waals surface area contributed by atoms with Gasteiger partial charge in [0, 0.05) is 10.0 Å². The van der Waals surface area contributed by atoms with E-state index in [1.807, 2.05) is 6.92 Å². The molecule has 3 nitrogen and oxygen atoms in total. The fourth-order valence-electron chi connectivity index (χ4n) is 1.06. The number of halogens is 1. The maximum absolute atomic E-state index is 11.3. The van der Waals surface area contributed by atoms with Gasteiger partial charge in [0.25, 0.3) is 0 Å². The Morgan fingerprint density at radius 2 is 2.07 bits per heavy atom. The second-order valence-corrected chi connectivity index (χ2v) is 3.81. The number of carboxylic acids is 1. The number of Topliss-reactive ketones (excluding diaryl/α,β-unsaturated/α-hetero) is 1. The van der Waals surface area contributed by atoms with Gasteiger partial charge in [-0.05, 0) is 24.6 Å². The molecule has 1 N–H and O–H groups in total. The van der Waals surface area contributed by atoms with Crippen LogP contribution in [-0.2, 0) is 4.79 Å². The van der Waals surface area contributed by atoms with E-state index in [0.717, 1.165) is 10.0 Å². The number of aliphatic carboxylic acids is 1. The van der Waals surface area contributed by atoms with Crippen molar-refractivity contribution in [3.63, 3.8) is 0 Å². The van der Waals surface area contributed by atoms with E-state index in [0.29, 0.717) is 5.56 Å². The van der Waals surface area contributed by atoms with Crippen LogP contribution in [0.25, 0.3) is 0 Å². The fraction of sp³-hybridized carbons (Fsp3) is 0.200. The normalized spacial score (nSPS) is 9.86. The quantitative estimate of drug-likeness (QED) is 0.668. The van der Waals surface area contributed by atoms with Gasteiger partial charge >= 0.3 is 5.97 Å². The minimum atomic E-state index is -1.10. The standard InChI is InChI=1S/C10H9BrO3/c1-6-4-7(2-3-8(6)11)9(12)5-10(13)14/h2-4H,5H2,1H3,(H,13,14). The molecular formula is C10H9BrO3. The van der Waals surface area contributed by atoms with Crippen LogP contribution >= 0.6 is 15.9 Å². The highest BCUT2D eigenvalue weighted by molar-refractivity contribution is 9.10. The zero-order chi connectivity index (χ0) is 10.7. The molecule has 0 fully saturated rings. The van der Waals surface area contributed by atoms with Crippen molar-refractivity contribution in [2.24, 2.45) is 0 Å². The molecule has 1 rings (SSSR count). The first kappa shape index (κ1) is 10.9. The van der Waals surface area contributed by atoms with Gasteiger partial charge in [-0.2, -0.15) is 0 Å². The van der Waals surface area contributed by atoms with E-state index in [1.54, 1.807) is 18.2 Å². The number of rotatable bonds is 3. The molecule has 74 valence electrons. The smallest absolute Gasteiger partial charge is 0.311 e. The molecule has 0 heterocycles. The van der Waals surface area contributed by atoms with Gasteiger partial charge < -0.3 is 5.11 Å². The summed E-state index contributed by atoms with van der Waals surface area (Å²) in [5, 5.41) is 8.44. The summed E-state index contributed by atoms with van der Waals surface area (Å²) in [6.45, 7) is 1.85. The summed E-state index contributed by atoms with van der Waals surface area (Å²) in [6, 6.07) is 5.03. The Labute approximate surface area is 89.9 Å². The topological polar surface area (TPSA) is 54.4 Å². The molecule has 0 bridgehead atoms. The van der Waals surface area contributed by atoms with Gasteiger partial charge in [-0.25, -0.2) is 0 Å². The van der Waals surface area contributed by atoms with Gasteiger partial charge in [0.15, 0.2) is 5.78 Å². The summed E-state index contributed by atoms with van der Waals surface area (Å²) in [4.78, 5) is 21.6. The molecule has 4 heteroatoms. The largest absolute Gasteiger partial charge is 0.481 e. The number of benzene rings is 1. The minimum absolute atomic E-state index is 0.367. The molecule has 0 saturated carbocycles. The van der Waals surface area contributed by atoms with Crippen molar-refractivity contribution in [3.8, 4) is 0 Å². The Hall–Kier alpha value is -1.16. The van der Waals surface area contributed by atoms with Gasteiger partial charge in [0.2, 0.25) is 0 Å². The van der Waals surface area contributed by atoms with Crippen LogP contribution < -0.4 is 0 Å². The van der Waals surface area contributed by atoms with E-state index in [2.05, 4.69) is 15.9 Å². The van der Waals surface area contributed by atoms with E-state index in [1.165, 1.54) is 0 Å². The summed E-state index contributed by atoms with van der Waals surface area (Å²) >= 11 is 3.30. The van der Waals surface area contributed by atoms with Crippen molar-refractivity contribution in [2.75, 3.05) is 0 Å². The summed E-state index contributed by atoms with van der Waals surface area (Å²) in [5.41, 5.74) is 1.36. The number of ketones is 1. The number of carbonyl (C=O) groups is 2. The van der Waals surface area contributed by atoms with Crippen LogP contribution in [0, 0.1) is 6.92 Å². The lowest BCUT2D eigenvalue weighted by molar-refractivity contribution is -0.135. The minimum Gasteiger partial charge on any atom is -0.481 e. The second-order valence-electron chi connectivity index (χ2n) is 2.96. The predicted molar refractivity (Wildman–Crippen MR) is 55.5 cm³/mol. The third kappa shape index (κ3) is 2.67. The number of hydrogen-bond donors (Lipinski definition) is 1. The van der Waals surface area contributed by atoms with Crippen LogP contribution in [0.5, 0.6) is 0 Å². The van der Waals surface area contributed by atoms with Crippen molar-refractivity contribution in [3.05, 3.63) is 33.8 Å². The fourth-order valence-corrected chi connectivity index (χ4v) is 1.30. The first-order chi connectivity index (χ1) is 6.50. The van der Waals surface area contributed by atoms with Crippen LogP contribution in [-0.4, -0.2) is 16.9 Å². The summed E-state index contributed by atoms with van der Waals surface area (Å²) in [7, 11) is 0. The van der Waals surface area contributed by atoms with Gasteiger partial charge in [0.05, 0.1) is 0 Å². The number of aryl methyl sites for hydroxylation is 1.